The molecule has 0 unspecified atom stereocenters. The summed E-state index contributed by atoms with van der Waals surface area (Å²) in [5.74, 6) is -0.181. The predicted octanol–water partition coefficient (Wildman–Crippen LogP) is 1.75. The van der Waals surface area contributed by atoms with E-state index in [1.165, 1.54) is 6.08 Å². The molecule has 1 fully saturated rings. The first-order valence-electron chi connectivity index (χ1n) is 6.74. The molecule has 1 aliphatic rings. The highest BCUT2D eigenvalue weighted by atomic mass is 16.2. The third kappa shape index (κ3) is 3.93. The van der Waals surface area contributed by atoms with E-state index in [9.17, 15) is 9.59 Å². The summed E-state index contributed by atoms with van der Waals surface area (Å²) in [7, 11) is 0. The van der Waals surface area contributed by atoms with Gasteiger partial charge in [-0.1, -0.05) is 6.58 Å². The minimum Gasteiger partial charge on any atom is -0.326 e. The van der Waals surface area contributed by atoms with Crippen molar-refractivity contribution in [1.82, 2.24) is 5.32 Å². The number of carbonyl (C=O) groups excluding carboxylic acids is 2. The van der Waals surface area contributed by atoms with Crippen LogP contribution in [0.3, 0.4) is 0 Å². The molecule has 5 heteroatoms. The molecule has 0 bridgehead atoms. The van der Waals surface area contributed by atoms with Crippen molar-refractivity contribution in [2.24, 2.45) is 5.92 Å². The van der Waals surface area contributed by atoms with E-state index < -0.39 is 0 Å². The number of nitrogens with one attached hydrogen (secondary N) is 3. The van der Waals surface area contributed by atoms with Gasteiger partial charge in [0.1, 0.15) is 0 Å². The average molecular weight is 273 g/mol. The number of amides is 2. The Bertz CT molecular complexity index is 490. The summed E-state index contributed by atoms with van der Waals surface area (Å²) in [6, 6.07) is 7.03. The lowest BCUT2D eigenvalue weighted by molar-refractivity contribution is -0.120. The molecule has 2 amide bonds. The van der Waals surface area contributed by atoms with Gasteiger partial charge in [0.15, 0.2) is 0 Å². The fourth-order valence-corrected chi connectivity index (χ4v) is 2.15. The minimum atomic E-state index is -0.255. The Morgan fingerprint density at radius 3 is 2.40 bits per heavy atom. The lowest BCUT2D eigenvalue weighted by Crippen LogP contribution is -2.37. The van der Waals surface area contributed by atoms with Crippen molar-refractivity contribution in [2.45, 2.75) is 12.8 Å². The van der Waals surface area contributed by atoms with Gasteiger partial charge in [-0.3, -0.25) is 9.59 Å². The van der Waals surface area contributed by atoms with Gasteiger partial charge >= 0.3 is 0 Å². The van der Waals surface area contributed by atoms with Crippen molar-refractivity contribution in [3.8, 4) is 0 Å². The number of benzene rings is 1. The van der Waals surface area contributed by atoms with Crippen LogP contribution in [0.4, 0.5) is 11.4 Å². The number of piperidine rings is 1. The van der Waals surface area contributed by atoms with E-state index in [0.717, 1.165) is 31.6 Å². The molecule has 1 atom stereocenters. The highest BCUT2D eigenvalue weighted by molar-refractivity contribution is 5.99. The first-order chi connectivity index (χ1) is 9.69. The van der Waals surface area contributed by atoms with E-state index in [1.807, 2.05) is 0 Å². The van der Waals surface area contributed by atoms with Crippen LogP contribution in [0, 0.1) is 5.92 Å². The lowest BCUT2D eigenvalue weighted by atomic mass is 9.99. The van der Waals surface area contributed by atoms with E-state index >= 15 is 0 Å². The fraction of sp³-hybridized carbons (Fsp3) is 0.333. The molecule has 1 saturated heterocycles. The Hall–Kier alpha value is -2.14. The second-order valence-corrected chi connectivity index (χ2v) is 4.80. The summed E-state index contributed by atoms with van der Waals surface area (Å²) >= 11 is 0. The average Bonchev–Trinajstić information content (AvgIpc) is 2.50. The van der Waals surface area contributed by atoms with E-state index in [1.54, 1.807) is 24.3 Å². The highest BCUT2D eigenvalue weighted by Crippen LogP contribution is 2.16. The zero-order valence-corrected chi connectivity index (χ0v) is 11.3. The number of rotatable bonds is 4. The molecule has 1 heterocycles. The van der Waals surface area contributed by atoms with Crippen molar-refractivity contribution >= 4 is 23.2 Å². The van der Waals surface area contributed by atoms with Crippen molar-refractivity contribution in [1.29, 1.82) is 0 Å². The smallest absolute Gasteiger partial charge is 0.247 e. The Morgan fingerprint density at radius 1 is 1.20 bits per heavy atom. The van der Waals surface area contributed by atoms with E-state index in [0.29, 0.717) is 5.69 Å². The molecule has 106 valence electrons. The van der Waals surface area contributed by atoms with Gasteiger partial charge < -0.3 is 16.0 Å². The quantitative estimate of drug-likeness (QED) is 0.732. The maximum Gasteiger partial charge on any atom is 0.247 e. The first-order valence-corrected chi connectivity index (χ1v) is 6.74. The Labute approximate surface area is 118 Å². The van der Waals surface area contributed by atoms with Gasteiger partial charge in [0, 0.05) is 17.9 Å². The minimum absolute atomic E-state index is 0.0314. The molecule has 0 radical (unpaired) electrons. The maximum atomic E-state index is 12.0. The summed E-state index contributed by atoms with van der Waals surface area (Å²) in [4.78, 5) is 23.2. The van der Waals surface area contributed by atoms with Crippen LogP contribution in [0.1, 0.15) is 12.8 Å². The second kappa shape index (κ2) is 6.86. The standard InChI is InChI=1S/C15H19N3O2/c1-2-14(19)17-12-5-7-13(8-6-12)18-15(20)11-4-3-9-16-10-11/h2,5-8,11,16H,1,3-4,9-10H2,(H,17,19)(H,18,20)/t11-/m1/s1. The van der Waals surface area contributed by atoms with Gasteiger partial charge in [-0.15, -0.1) is 0 Å². The molecular formula is C15H19N3O2. The van der Waals surface area contributed by atoms with Crippen LogP contribution in [-0.4, -0.2) is 24.9 Å². The van der Waals surface area contributed by atoms with Crippen LogP contribution in [0.25, 0.3) is 0 Å². The molecule has 0 saturated carbocycles. The molecule has 1 aliphatic heterocycles. The normalized spacial score (nSPS) is 18.1. The van der Waals surface area contributed by atoms with Crippen LogP contribution in [-0.2, 0) is 9.59 Å². The van der Waals surface area contributed by atoms with Crippen LogP contribution in [0.2, 0.25) is 0 Å². The fourth-order valence-electron chi connectivity index (χ4n) is 2.15. The number of anilines is 2. The molecule has 1 aromatic rings. The second-order valence-electron chi connectivity index (χ2n) is 4.80. The van der Waals surface area contributed by atoms with Gasteiger partial charge in [0.2, 0.25) is 11.8 Å². The van der Waals surface area contributed by atoms with Gasteiger partial charge in [0.05, 0.1) is 5.92 Å². The van der Waals surface area contributed by atoms with Crippen molar-refractivity contribution in [3.05, 3.63) is 36.9 Å². The first kappa shape index (κ1) is 14.3. The molecule has 2 rings (SSSR count). The molecule has 0 aromatic heterocycles. The van der Waals surface area contributed by atoms with Gasteiger partial charge in [-0.05, 0) is 49.7 Å². The van der Waals surface area contributed by atoms with Gasteiger partial charge in [-0.2, -0.15) is 0 Å². The lowest BCUT2D eigenvalue weighted by Gasteiger charge is -2.21. The molecule has 0 spiro atoms. The summed E-state index contributed by atoms with van der Waals surface area (Å²) in [6.45, 7) is 5.11. The molecule has 5 nitrogen and oxygen atoms in total. The van der Waals surface area contributed by atoms with Crippen LogP contribution in [0.5, 0.6) is 0 Å². The topological polar surface area (TPSA) is 70.2 Å². The zero-order valence-electron chi connectivity index (χ0n) is 11.3. The number of hydrogen-bond donors (Lipinski definition) is 3. The third-order valence-corrected chi connectivity index (χ3v) is 3.27. The summed E-state index contributed by atoms with van der Waals surface area (Å²) < 4.78 is 0. The highest BCUT2D eigenvalue weighted by Gasteiger charge is 2.20. The SMILES string of the molecule is C=CC(=O)Nc1ccc(NC(=O)[C@@H]2CCCNC2)cc1. The van der Waals surface area contributed by atoms with Gasteiger partial charge in [0.25, 0.3) is 0 Å². The monoisotopic (exact) mass is 273 g/mol. The number of hydrogen-bond acceptors (Lipinski definition) is 3. The molecule has 1 aromatic carbocycles. The van der Waals surface area contributed by atoms with Crippen LogP contribution < -0.4 is 16.0 Å². The summed E-state index contributed by atoms with van der Waals surface area (Å²) in [6.07, 6.45) is 3.17. The van der Waals surface area contributed by atoms with Crippen molar-refractivity contribution < 1.29 is 9.59 Å². The van der Waals surface area contributed by atoms with E-state index in [-0.39, 0.29) is 17.7 Å². The molecule has 3 N–H and O–H groups in total. The number of carbonyl (C=O) groups is 2. The van der Waals surface area contributed by atoms with Crippen molar-refractivity contribution in [3.63, 3.8) is 0 Å². The van der Waals surface area contributed by atoms with E-state index in [2.05, 4.69) is 22.5 Å². The van der Waals surface area contributed by atoms with Crippen LogP contribution in [0.15, 0.2) is 36.9 Å². The summed E-state index contributed by atoms with van der Waals surface area (Å²) in [5.41, 5.74) is 1.41. The molecule has 20 heavy (non-hydrogen) atoms. The Kier molecular flexibility index (Phi) is 4.90. The van der Waals surface area contributed by atoms with Crippen molar-refractivity contribution in [2.75, 3.05) is 23.7 Å². The third-order valence-electron chi connectivity index (χ3n) is 3.27. The maximum absolute atomic E-state index is 12.0. The summed E-state index contributed by atoms with van der Waals surface area (Å²) in [5, 5.41) is 8.77. The zero-order chi connectivity index (χ0) is 14.4. The molecule has 0 aliphatic carbocycles. The van der Waals surface area contributed by atoms with Gasteiger partial charge in [-0.25, -0.2) is 0 Å². The van der Waals surface area contributed by atoms with Crippen LogP contribution >= 0.6 is 0 Å². The Morgan fingerprint density at radius 2 is 1.85 bits per heavy atom. The van der Waals surface area contributed by atoms with E-state index in [4.69, 9.17) is 0 Å². The molecular weight excluding hydrogens is 254 g/mol. The predicted molar refractivity (Wildman–Crippen MR) is 79.5 cm³/mol. The Balaban J connectivity index is 1.91. The largest absolute Gasteiger partial charge is 0.326 e.